The molecule has 29 heavy (non-hydrogen) atoms. The van der Waals surface area contributed by atoms with Gasteiger partial charge in [-0.15, -0.1) is 0 Å². The van der Waals surface area contributed by atoms with Crippen molar-refractivity contribution in [3.05, 3.63) is 35.9 Å². The van der Waals surface area contributed by atoms with Gasteiger partial charge in [0.15, 0.2) is 0 Å². The molecule has 0 heterocycles. The smallest absolute Gasteiger partial charge is 0.225 e. The van der Waals surface area contributed by atoms with E-state index in [1.165, 1.54) is 83.5 Å². The molecule has 0 atom stereocenters. The van der Waals surface area contributed by atoms with Crippen LogP contribution in [0.5, 0.6) is 0 Å². The van der Waals surface area contributed by atoms with Crippen LogP contribution in [0.1, 0.15) is 123 Å². The van der Waals surface area contributed by atoms with Gasteiger partial charge in [0, 0.05) is 12.0 Å². The number of rotatable bonds is 18. The van der Waals surface area contributed by atoms with Gasteiger partial charge in [-0.05, 0) is 12.0 Å². The Kier molecular flexibility index (Phi) is 14.6. The van der Waals surface area contributed by atoms with Crippen LogP contribution in [0.3, 0.4) is 0 Å². The standard InChI is InChI=1S/C27H47NO/c1-4-5-6-7-8-9-10-11-12-13-14-15-16-20-23-27(2,3)26(29)28-24-25-21-18-17-19-22-25/h17-19,21-22H,4-16,20,23-24H2,1-3H3,(H,28,29). The maximum Gasteiger partial charge on any atom is 0.225 e. The molecule has 1 N–H and O–H groups in total. The largest absolute Gasteiger partial charge is 0.352 e. The molecule has 0 aliphatic rings. The molecule has 2 nitrogen and oxygen atoms in total. The topological polar surface area (TPSA) is 29.1 Å². The SMILES string of the molecule is CCCCCCCCCCCCCCCCC(C)(C)C(=O)NCc1ccccc1. The maximum atomic E-state index is 12.5. The van der Waals surface area contributed by atoms with E-state index >= 15 is 0 Å². The van der Waals surface area contributed by atoms with Crippen LogP contribution in [-0.4, -0.2) is 5.91 Å². The molecular weight excluding hydrogens is 354 g/mol. The molecule has 0 aliphatic heterocycles. The van der Waals surface area contributed by atoms with E-state index in [1.54, 1.807) is 0 Å². The third-order valence-electron chi connectivity index (χ3n) is 6.07. The van der Waals surface area contributed by atoms with Crippen LogP contribution in [0.2, 0.25) is 0 Å². The molecule has 1 amide bonds. The van der Waals surface area contributed by atoms with E-state index < -0.39 is 0 Å². The highest BCUT2D eigenvalue weighted by molar-refractivity contribution is 5.81. The molecule has 0 aliphatic carbocycles. The first-order valence-electron chi connectivity index (χ1n) is 12.4. The van der Waals surface area contributed by atoms with E-state index in [0.29, 0.717) is 6.54 Å². The minimum absolute atomic E-state index is 0.177. The molecule has 0 bridgehead atoms. The highest BCUT2D eigenvalue weighted by Crippen LogP contribution is 2.24. The van der Waals surface area contributed by atoms with E-state index in [4.69, 9.17) is 0 Å². The highest BCUT2D eigenvalue weighted by atomic mass is 16.2. The summed E-state index contributed by atoms with van der Waals surface area (Å²) >= 11 is 0. The van der Waals surface area contributed by atoms with Gasteiger partial charge in [-0.2, -0.15) is 0 Å². The van der Waals surface area contributed by atoms with Gasteiger partial charge in [0.1, 0.15) is 0 Å². The maximum absolute atomic E-state index is 12.5. The van der Waals surface area contributed by atoms with E-state index in [9.17, 15) is 4.79 Å². The number of carbonyl (C=O) groups excluding carboxylic acids is 1. The van der Waals surface area contributed by atoms with Gasteiger partial charge in [-0.25, -0.2) is 0 Å². The van der Waals surface area contributed by atoms with Crippen LogP contribution in [0.15, 0.2) is 30.3 Å². The normalized spacial score (nSPS) is 11.6. The Morgan fingerprint density at radius 3 is 1.66 bits per heavy atom. The summed E-state index contributed by atoms with van der Waals surface area (Å²) in [6.45, 7) is 7.07. The minimum atomic E-state index is -0.272. The van der Waals surface area contributed by atoms with Gasteiger partial charge in [0.25, 0.3) is 0 Å². The lowest BCUT2D eigenvalue weighted by Crippen LogP contribution is -2.36. The lowest BCUT2D eigenvalue weighted by atomic mass is 9.85. The van der Waals surface area contributed by atoms with Gasteiger partial charge in [-0.1, -0.05) is 141 Å². The quantitative estimate of drug-likeness (QED) is 0.247. The summed E-state index contributed by atoms with van der Waals surface area (Å²) in [7, 11) is 0. The Balaban J connectivity index is 1.94. The monoisotopic (exact) mass is 401 g/mol. The summed E-state index contributed by atoms with van der Waals surface area (Å²) in [5.41, 5.74) is 0.888. The van der Waals surface area contributed by atoms with Crippen LogP contribution >= 0.6 is 0 Å². The fraction of sp³-hybridized carbons (Fsp3) is 0.741. The van der Waals surface area contributed by atoms with Crippen molar-refractivity contribution in [2.24, 2.45) is 5.41 Å². The van der Waals surface area contributed by atoms with Crippen molar-refractivity contribution in [3.63, 3.8) is 0 Å². The second-order valence-electron chi connectivity index (χ2n) is 9.40. The van der Waals surface area contributed by atoms with Crippen molar-refractivity contribution in [3.8, 4) is 0 Å². The number of hydrogen-bond donors (Lipinski definition) is 1. The summed E-state index contributed by atoms with van der Waals surface area (Å²) < 4.78 is 0. The molecule has 0 spiro atoms. The van der Waals surface area contributed by atoms with Gasteiger partial charge in [0.05, 0.1) is 0 Å². The third-order valence-corrected chi connectivity index (χ3v) is 6.07. The molecule has 0 aromatic heterocycles. The first kappa shape index (κ1) is 25.7. The zero-order valence-electron chi connectivity index (χ0n) is 19.6. The molecule has 0 saturated carbocycles. The summed E-state index contributed by atoms with van der Waals surface area (Å²) in [4.78, 5) is 12.5. The molecular formula is C27H47NO. The molecule has 1 aromatic carbocycles. The summed E-state index contributed by atoms with van der Waals surface area (Å²) in [6, 6.07) is 10.1. The molecule has 0 fully saturated rings. The minimum Gasteiger partial charge on any atom is -0.352 e. The van der Waals surface area contributed by atoms with Gasteiger partial charge in [0.2, 0.25) is 5.91 Å². The second kappa shape index (κ2) is 16.5. The molecule has 166 valence electrons. The Bertz CT molecular complexity index is 509. The van der Waals surface area contributed by atoms with E-state index in [-0.39, 0.29) is 11.3 Å². The molecule has 2 heteroatoms. The number of carbonyl (C=O) groups is 1. The lowest BCUT2D eigenvalue weighted by molar-refractivity contribution is -0.129. The molecule has 0 saturated heterocycles. The lowest BCUT2D eigenvalue weighted by Gasteiger charge is -2.23. The summed E-state index contributed by atoms with van der Waals surface area (Å²) in [5, 5.41) is 3.10. The van der Waals surface area contributed by atoms with E-state index in [0.717, 1.165) is 18.4 Å². The summed E-state index contributed by atoms with van der Waals surface area (Å²) in [5.74, 6) is 0.177. The Morgan fingerprint density at radius 2 is 1.17 bits per heavy atom. The molecule has 0 radical (unpaired) electrons. The van der Waals surface area contributed by atoms with Gasteiger partial charge in [-0.3, -0.25) is 4.79 Å². The molecule has 0 unspecified atom stereocenters. The average molecular weight is 402 g/mol. The number of benzene rings is 1. The zero-order valence-corrected chi connectivity index (χ0v) is 19.6. The van der Waals surface area contributed by atoms with Crippen LogP contribution in [0.25, 0.3) is 0 Å². The highest BCUT2D eigenvalue weighted by Gasteiger charge is 2.26. The fourth-order valence-corrected chi connectivity index (χ4v) is 3.89. The van der Waals surface area contributed by atoms with Crippen molar-refractivity contribution >= 4 is 5.91 Å². The fourth-order valence-electron chi connectivity index (χ4n) is 3.89. The zero-order chi connectivity index (χ0) is 21.2. The Hall–Kier alpha value is -1.31. The van der Waals surface area contributed by atoms with Crippen molar-refractivity contribution in [2.45, 2.75) is 124 Å². The third kappa shape index (κ3) is 13.5. The number of amides is 1. The number of hydrogen-bond acceptors (Lipinski definition) is 1. The van der Waals surface area contributed by atoms with Crippen molar-refractivity contribution < 1.29 is 4.79 Å². The van der Waals surface area contributed by atoms with Crippen molar-refractivity contribution in [2.75, 3.05) is 0 Å². The number of nitrogens with one attached hydrogen (secondary N) is 1. The average Bonchev–Trinajstić information content (AvgIpc) is 2.73. The van der Waals surface area contributed by atoms with Crippen LogP contribution in [0.4, 0.5) is 0 Å². The van der Waals surface area contributed by atoms with E-state index in [2.05, 4.69) is 38.2 Å². The van der Waals surface area contributed by atoms with Gasteiger partial charge >= 0.3 is 0 Å². The predicted molar refractivity (Wildman–Crippen MR) is 127 cm³/mol. The van der Waals surface area contributed by atoms with E-state index in [1.807, 2.05) is 18.2 Å². The van der Waals surface area contributed by atoms with Crippen LogP contribution in [-0.2, 0) is 11.3 Å². The summed E-state index contributed by atoms with van der Waals surface area (Å²) in [6.07, 6.45) is 20.2. The van der Waals surface area contributed by atoms with Crippen molar-refractivity contribution in [1.82, 2.24) is 5.32 Å². The Morgan fingerprint density at radius 1 is 0.724 bits per heavy atom. The molecule has 1 aromatic rings. The number of unbranched alkanes of at least 4 members (excludes halogenated alkanes) is 13. The first-order valence-corrected chi connectivity index (χ1v) is 12.4. The van der Waals surface area contributed by atoms with Gasteiger partial charge < -0.3 is 5.32 Å². The van der Waals surface area contributed by atoms with Crippen LogP contribution in [0, 0.1) is 5.41 Å². The van der Waals surface area contributed by atoms with Crippen molar-refractivity contribution in [1.29, 1.82) is 0 Å². The Labute approximate surface area is 181 Å². The molecule has 1 rings (SSSR count). The first-order chi connectivity index (χ1) is 14.1. The second-order valence-corrected chi connectivity index (χ2v) is 9.40. The van der Waals surface area contributed by atoms with Crippen LogP contribution < -0.4 is 5.32 Å². The predicted octanol–water partition coefficient (Wildman–Crippen LogP) is 8.20.